The fourth-order valence-corrected chi connectivity index (χ4v) is 1.85. The number of nitrogens with zero attached hydrogens (tertiary/aromatic N) is 2. The predicted octanol–water partition coefficient (Wildman–Crippen LogP) is 1.92. The summed E-state index contributed by atoms with van der Waals surface area (Å²) >= 11 is 0. The van der Waals surface area contributed by atoms with Gasteiger partial charge in [0.2, 0.25) is 0 Å². The van der Waals surface area contributed by atoms with Crippen molar-refractivity contribution < 1.29 is 0 Å². The molecule has 1 unspecified atom stereocenters. The summed E-state index contributed by atoms with van der Waals surface area (Å²) in [5.74, 6) is 0.984. The lowest BCUT2D eigenvalue weighted by Gasteiger charge is -2.15. The highest BCUT2D eigenvalue weighted by atomic mass is 15.1. The molecular weight excluding hydrogens is 174 g/mol. The second-order valence-corrected chi connectivity index (χ2v) is 4.56. The van der Waals surface area contributed by atoms with E-state index < -0.39 is 0 Å². The van der Waals surface area contributed by atoms with Gasteiger partial charge < -0.3 is 10.3 Å². The second-order valence-electron chi connectivity index (χ2n) is 4.56. The lowest BCUT2D eigenvalue weighted by molar-refractivity contribution is 0.496. The van der Waals surface area contributed by atoms with Gasteiger partial charge in [0, 0.05) is 24.7 Å². The van der Waals surface area contributed by atoms with E-state index in [2.05, 4.69) is 29.6 Å². The van der Waals surface area contributed by atoms with E-state index in [-0.39, 0.29) is 0 Å². The monoisotopic (exact) mass is 193 g/mol. The number of nitrogens with two attached hydrogens (primary N) is 1. The number of imidazole rings is 1. The first kappa shape index (κ1) is 9.71. The van der Waals surface area contributed by atoms with Crippen LogP contribution in [0.5, 0.6) is 0 Å². The minimum Gasteiger partial charge on any atom is -0.334 e. The van der Waals surface area contributed by atoms with Gasteiger partial charge in [-0.1, -0.05) is 13.8 Å². The van der Waals surface area contributed by atoms with Crippen molar-refractivity contribution in [2.24, 2.45) is 11.7 Å². The lowest BCUT2D eigenvalue weighted by Crippen LogP contribution is -2.18. The van der Waals surface area contributed by atoms with Crippen LogP contribution < -0.4 is 5.73 Å². The Morgan fingerprint density at radius 1 is 1.57 bits per heavy atom. The number of aromatic nitrogens is 2. The van der Waals surface area contributed by atoms with E-state index in [4.69, 9.17) is 5.73 Å². The van der Waals surface area contributed by atoms with Gasteiger partial charge in [0.1, 0.15) is 0 Å². The molecule has 1 heterocycles. The van der Waals surface area contributed by atoms with Crippen molar-refractivity contribution >= 4 is 0 Å². The summed E-state index contributed by atoms with van der Waals surface area (Å²) in [5, 5.41) is 0. The number of rotatable bonds is 4. The van der Waals surface area contributed by atoms with Crippen LogP contribution in [0.25, 0.3) is 0 Å². The van der Waals surface area contributed by atoms with Crippen molar-refractivity contribution in [1.29, 1.82) is 0 Å². The predicted molar refractivity (Wildman–Crippen MR) is 57.1 cm³/mol. The van der Waals surface area contributed by atoms with Gasteiger partial charge in [0.25, 0.3) is 0 Å². The maximum atomic E-state index is 5.76. The summed E-state index contributed by atoms with van der Waals surface area (Å²) in [5.41, 5.74) is 6.92. The van der Waals surface area contributed by atoms with Gasteiger partial charge in [-0.25, -0.2) is 4.98 Å². The van der Waals surface area contributed by atoms with E-state index in [0.29, 0.717) is 18.4 Å². The molecule has 1 aromatic rings. The highest BCUT2D eigenvalue weighted by Crippen LogP contribution is 2.35. The van der Waals surface area contributed by atoms with E-state index in [0.717, 1.165) is 11.7 Å². The second kappa shape index (κ2) is 3.73. The van der Waals surface area contributed by atoms with Crippen molar-refractivity contribution in [3.8, 4) is 0 Å². The van der Waals surface area contributed by atoms with Crippen LogP contribution in [0, 0.1) is 5.92 Å². The Bertz CT molecular complexity index is 299. The lowest BCUT2D eigenvalue weighted by atomic mass is 9.93. The number of hydrogen-bond donors (Lipinski definition) is 1. The molecule has 0 aliphatic heterocycles. The van der Waals surface area contributed by atoms with E-state index >= 15 is 0 Å². The van der Waals surface area contributed by atoms with Gasteiger partial charge in [0.15, 0.2) is 0 Å². The first-order valence-electron chi connectivity index (χ1n) is 5.45. The molecule has 0 spiro atoms. The van der Waals surface area contributed by atoms with Crippen molar-refractivity contribution in [3.63, 3.8) is 0 Å². The normalized spacial score (nSPS) is 18.9. The highest BCUT2D eigenvalue weighted by Gasteiger charge is 2.25. The van der Waals surface area contributed by atoms with Crippen LogP contribution in [0.15, 0.2) is 12.5 Å². The van der Waals surface area contributed by atoms with Crippen molar-refractivity contribution in [1.82, 2.24) is 9.55 Å². The summed E-state index contributed by atoms with van der Waals surface area (Å²) in [6, 6.07) is 0.724. The molecule has 3 heteroatoms. The maximum absolute atomic E-state index is 5.76. The molecule has 0 amide bonds. The first-order valence-corrected chi connectivity index (χ1v) is 5.45. The largest absolute Gasteiger partial charge is 0.334 e. The van der Waals surface area contributed by atoms with Crippen LogP contribution in [-0.2, 0) is 0 Å². The quantitative estimate of drug-likeness (QED) is 0.794. The minimum absolute atomic E-state index is 0.412. The Morgan fingerprint density at radius 3 is 2.79 bits per heavy atom. The Balaban J connectivity index is 2.13. The van der Waals surface area contributed by atoms with E-state index in [1.807, 2.05) is 6.33 Å². The zero-order chi connectivity index (χ0) is 10.1. The Labute approximate surface area is 85.3 Å². The average Bonchev–Trinajstić information content (AvgIpc) is 2.88. The fraction of sp³-hybridized carbons (Fsp3) is 0.727. The molecule has 1 fully saturated rings. The molecule has 0 aromatic carbocycles. The molecule has 1 saturated carbocycles. The number of hydrogen-bond acceptors (Lipinski definition) is 2. The third-order valence-corrected chi connectivity index (χ3v) is 3.03. The smallest absolute Gasteiger partial charge is 0.0952 e. The van der Waals surface area contributed by atoms with Gasteiger partial charge in [-0.15, -0.1) is 0 Å². The maximum Gasteiger partial charge on any atom is 0.0952 e. The summed E-state index contributed by atoms with van der Waals surface area (Å²) in [6.45, 7) is 5.10. The van der Waals surface area contributed by atoms with Gasteiger partial charge in [0.05, 0.1) is 12.0 Å². The summed E-state index contributed by atoms with van der Waals surface area (Å²) in [7, 11) is 0. The topological polar surface area (TPSA) is 43.8 Å². The SMILES string of the molecule is CC(C)C(CN)c1cn(C2CC2)cn1. The molecule has 0 radical (unpaired) electrons. The molecule has 1 aliphatic rings. The molecule has 14 heavy (non-hydrogen) atoms. The summed E-state index contributed by atoms with van der Waals surface area (Å²) < 4.78 is 2.24. The molecule has 1 atom stereocenters. The Morgan fingerprint density at radius 2 is 2.29 bits per heavy atom. The third-order valence-electron chi connectivity index (χ3n) is 3.03. The van der Waals surface area contributed by atoms with Crippen LogP contribution in [0.3, 0.4) is 0 Å². The summed E-state index contributed by atoms with van der Waals surface area (Å²) in [6.07, 6.45) is 6.75. The molecule has 0 bridgehead atoms. The van der Waals surface area contributed by atoms with Gasteiger partial charge in [-0.2, -0.15) is 0 Å². The molecule has 2 N–H and O–H groups in total. The van der Waals surface area contributed by atoms with Gasteiger partial charge in [-0.3, -0.25) is 0 Å². The standard InChI is InChI=1S/C11H19N3/c1-8(2)10(5-12)11-6-14(7-13-11)9-3-4-9/h6-10H,3-5,12H2,1-2H3. The molecule has 1 aromatic heterocycles. The van der Waals surface area contributed by atoms with Crippen LogP contribution in [0.4, 0.5) is 0 Å². The Hall–Kier alpha value is -0.830. The van der Waals surface area contributed by atoms with E-state index in [9.17, 15) is 0 Å². The first-order chi connectivity index (χ1) is 6.72. The van der Waals surface area contributed by atoms with Crippen molar-refractivity contribution in [3.05, 3.63) is 18.2 Å². The molecule has 3 nitrogen and oxygen atoms in total. The van der Waals surface area contributed by atoms with Crippen LogP contribution in [0.1, 0.15) is 44.3 Å². The van der Waals surface area contributed by atoms with Gasteiger partial charge >= 0.3 is 0 Å². The van der Waals surface area contributed by atoms with Gasteiger partial charge in [-0.05, 0) is 18.8 Å². The minimum atomic E-state index is 0.412. The Kier molecular flexibility index (Phi) is 2.59. The van der Waals surface area contributed by atoms with Crippen LogP contribution >= 0.6 is 0 Å². The van der Waals surface area contributed by atoms with Crippen LogP contribution in [0.2, 0.25) is 0 Å². The van der Waals surface area contributed by atoms with Crippen molar-refractivity contribution in [2.45, 2.75) is 38.6 Å². The average molecular weight is 193 g/mol. The molecule has 0 saturated heterocycles. The fourth-order valence-electron chi connectivity index (χ4n) is 1.85. The van der Waals surface area contributed by atoms with E-state index in [1.165, 1.54) is 12.8 Å². The highest BCUT2D eigenvalue weighted by molar-refractivity contribution is 5.08. The van der Waals surface area contributed by atoms with Crippen molar-refractivity contribution in [2.75, 3.05) is 6.54 Å². The molecule has 2 rings (SSSR count). The molecular formula is C11H19N3. The zero-order valence-corrected chi connectivity index (χ0v) is 8.98. The summed E-state index contributed by atoms with van der Waals surface area (Å²) in [4.78, 5) is 4.45. The zero-order valence-electron chi connectivity index (χ0n) is 8.98. The third kappa shape index (κ3) is 1.82. The molecule has 78 valence electrons. The van der Waals surface area contributed by atoms with E-state index in [1.54, 1.807) is 0 Å². The molecule has 1 aliphatic carbocycles. The van der Waals surface area contributed by atoms with Crippen LogP contribution in [-0.4, -0.2) is 16.1 Å².